The number of nitrogens with zero attached hydrogens (tertiary/aromatic N) is 3. The van der Waals surface area contributed by atoms with Crippen molar-refractivity contribution in [3.63, 3.8) is 0 Å². The van der Waals surface area contributed by atoms with Crippen molar-refractivity contribution in [3.05, 3.63) is 63.7 Å². The third kappa shape index (κ3) is 5.09. The summed E-state index contributed by atoms with van der Waals surface area (Å²) < 4.78 is 5.66. The molecule has 0 amide bonds. The van der Waals surface area contributed by atoms with Crippen LogP contribution in [0.1, 0.15) is 6.42 Å². The number of benzene rings is 2. The quantitative estimate of drug-likeness (QED) is 0.418. The maximum absolute atomic E-state index is 10.6. The lowest BCUT2D eigenvalue weighted by molar-refractivity contribution is -0.384. The zero-order chi connectivity index (χ0) is 18.4. The van der Waals surface area contributed by atoms with Gasteiger partial charge in [-0.1, -0.05) is 11.6 Å². The van der Waals surface area contributed by atoms with Crippen molar-refractivity contribution < 1.29 is 9.66 Å². The van der Waals surface area contributed by atoms with Crippen LogP contribution in [0.4, 0.5) is 11.4 Å². The fourth-order valence-electron chi connectivity index (χ4n) is 3.02. The Morgan fingerprint density at radius 3 is 2.27 bits per heavy atom. The highest BCUT2D eigenvalue weighted by molar-refractivity contribution is 6.30. The van der Waals surface area contributed by atoms with Crippen LogP contribution in [0.15, 0.2) is 48.5 Å². The number of ether oxygens (including phenoxy) is 1. The second-order valence-electron chi connectivity index (χ2n) is 6.26. The van der Waals surface area contributed by atoms with E-state index in [0.717, 1.165) is 44.2 Å². The van der Waals surface area contributed by atoms with E-state index in [1.54, 1.807) is 12.1 Å². The van der Waals surface area contributed by atoms with Crippen LogP contribution in [0, 0.1) is 10.1 Å². The number of halogens is 1. The van der Waals surface area contributed by atoms with Gasteiger partial charge in [0.2, 0.25) is 0 Å². The Balaban J connectivity index is 1.35. The van der Waals surface area contributed by atoms with Crippen molar-refractivity contribution in [2.75, 3.05) is 44.2 Å². The van der Waals surface area contributed by atoms with E-state index in [1.807, 2.05) is 12.1 Å². The van der Waals surface area contributed by atoms with E-state index in [2.05, 4.69) is 21.9 Å². The van der Waals surface area contributed by atoms with Gasteiger partial charge in [0, 0.05) is 55.6 Å². The second kappa shape index (κ2) is 8.87. The van der Waals surface area contributed by atoms with Crippen LogP contribution in [0.25, 0.3) is 0 Å². The monoisotopic (exact) mass is 375 g/mol. The van der Waals surface area contributed by atoms with Crippen LogP contribution in [0.2, 0.25) is 5.02 Å². The first-order chi connectivity index (χ1) is 12.6. The van der Waals surface area contributed by atoms with Crippen LogP contribution in [-0.4, -0.2) is 49.2 Å². The van der Waals surface area contributed by atoms with Gasteiger partial charge in [-0.25, -0.2) is 0 Å². The van der Waals surface area contributed by atoms with E-state index < -0.39 is 4.92 Å². The Morgan fingerprint density at radius 2 is 1.65 bits per heavy atom. The number of non-ortho nitro benzene ring substituents is 1. The molecular weight excluding hydrogens is 354 g/mol. The minimum Gasteiger partial charge on any atom is -0.494 e. The predicted octanol–water partition coefficient (Wildman–Crippen LogP) is 3.84. The molecular formula is C19H22ClN3O3. The Bertz CT molecular complexity index is 714. The molecule has 0 aromatic heterocycles. The summed E-state index contributed by atoms with van der Waals surface area (Å²) in [4.78, 5) is 15.0. The van der Waals surface area contributed by atoms with E-state index in [4.69, 9.17) is 16.3 Å². The number of hydrogen-bond acceptors (Lipinski definition) is 5. The van der Waals surface area contributed by atoms with Crippen LogP contribution in [0.5, 0.6) is 5.75 Å². The van der Waals surface area contributed by atoms with Crippen molar-refractivity contribution >= 4 is 23.0 Å². The van der Waals surface area contributed by atoms with Crippen molar-refractivity contribution in [1.82, 2.24) is 4.90 Å². The van der Waals surface area contributed by atoms with Gasteiger partial charge in [0.05, 0.1) is 11.5 Å². The minimum atomic E-state index is -0.409. The van der Waals surface area contributed by atoms with E-state index in [1.165, 1.54) is 17.8 Å². The third-order valence-electron chi connectivity index (χ3n) is 4.50. The zero-order valence-corrected chi connectivity index (χ0v) is 15.3. The highest BCUT2D eigenvalue weighted by atomic mass is 35.5. The predicted molar refractivity (Wildman–Crippen MR) is 103 cm³/mol. The van der Waals surface area contributed by atoms with E-state index in [9.17, 15) is 10.1 Å². The summed E-state index contributed by atoms with van der Waals surface area (Å²) in [6, 6.07) is 14.2. The summed E-state index contributed by atoms with van der Waals surface area (Å²) >= 11 is 5.94. The first kappa shape index (κ1) is 18.5. The molecule has 1 aliphatic heterocycles. The van der Waals surface area contributed by atoms with Gasteiger partial charge >= 0.3 is 0 Å². The normalized spacial score (nSPS) is 15.0. The summed E-state index contributed by atoms with van der Waals surface area (Å²) in [5.41, 5.74) is 1.30. The molecule has 0 bridgehead atoms. The smallest absolute Gasteiger partial charge is 0.269 e. The first-order valence-electron chi connectivity index (χ1n) is 8.72. The largest absolute Gasteiger partial charge is 0.494 e. The molecule has 0 unspecified atom stereocenters. The van der Waals surface area contributed by atoms with Crippen LogP contribution in [-0.2, 0) is 0 Å². The lowest BCUT2D eigenvalue weighted by Gasteiger charge is -2.36. The molecule has 0 aliphatic carbocycles. The Labute approximate surface area is 158 Å². The van der Waals surface area contributed by atoms with Crippen molar-refractivity contribution in [3.8, 4) is 5.75 Å². The molecule has 6 nitrogen and oxygen atoms in total. The number of nitro groups is 1. The molecule has 0 N–H and O–H groups in total. The Hall–Kier alpha value is -2.31. The van der Waals surface area contributed by atoms with Crippen molar-refractivity contribution in [2.45, 2.75) is 6.42 Å². The highest BCUT2D eigenvalue weighted by Gasteiger charge is 2.16. The molecule has 3 rings (SSSR count). The molecule has 0 saturated carbocycles. The molecule has 0 radical (unpaired) electrons. The molecule has 1 heterocycles. The summed E-state index contributed by atoms with van der Waals surface area (Å²) in [5, 5.41) is 11.4. The molecule has 7 heteroatoms. The summed E-state index contributed by atoms with van der Waals surface area (Å²) in [6.07, 6.45) is 0.929. The molecule has 2 aromatic rings. The Kier molecular flexibility index (Phi) is 6.30. The van der Waals surface area contributed by atoms with Gasteiger partial charge in [0.1, 0.15) is 5.75 Å². The van der Waals surface area contributed by atoms with Gasteiger partial charge < -0.3 is 9.64 Å². The van der Waals surface area contributed by atoms with Crippen LogP contribution < -0.4 is 9.64 Å². The lowest BCUT2D eigenvalue weighted by Crippen LogP contribution is -2.46. The first-order valence-corrected chi connectivity index (χ1v) is 9.10. The molecule has 1 fully saturated rings. The van der Waals surface area contributed by atoms with Gasteiger partial charge in [-0.15, -0.1) is 0 Å². The number of hydrogen-bond donors (Lipinski definition) is 0. The number of rotatable bonds is 7. The third-order valence-corrected chi connectivity index (χ3v) is 4.75. The average Bonchev–Trinajstić information content (AvgIpc) is 2.67. The van der Waals surface area contributed by atoms with Gasteiger partial charge in [-0.3, -0.25) is 15.0 Å². The lowest BCUT2D eigenvalue weighted by atomic mass is 10.2. The molecule has 2 aromatic carbocycles. The molecule has 1 saturated heterocycles. The number of piperazine rings is 1. The summed E-state index contributed by atoms with van der Waals surface area (Å²) in [5.74, 6) is 0.670. The fourth-order valence-corrected chi connectivity index (χ4v) is 3.15. The van der Waals surface area contributed by atoms with Gasteiger partial charge in [-0.2, -0.15) is 0 Å². The molecule has 26 heavy (non-hydrogen) atoms. The van der Waals surface area contributed by atoms with Crippen LogP contribution >= 0.6 is 11.6 Å². The average molecular weight is 376 g/mol. The number of anilines is 1. The van der Waals surface area contributed by atoms with Crippen molar-refractivity contribution in [2.24, 2.45) is 0 Å². The topological polar surface area (TPSA) is 58.9 Å². The zero-order valence-electron chi connectivity index (χ0n) is 14.5. The molecule has 1 aliphatic rings. The maximum atomic E-state index is 10.6. The van der Waals surface area contributed by atoms with E-state index in [0.29, 0.717) is 12.4 Å². The highest BCUT2D eigenvalue weighted by Crippen LogP contribution is 2.20. The Morgan fingerprint density at radius 1 is 1.00 bits per heavy atom. The van der Waals surface area contributed by atoms with E-state index in [-0.39, 0.29) is 5.69 Å². The maximum Gasteiger partial charge on any atom is 0.269 e. The van der Waals surface area contributed by atoms with Crippen LogP contribution in [0.3, 0.4) is 0 Å². The van der Waals surface area contributed by atoms with Gasteiger partial charge in [0.15, 0.2) is 0 Å². The summed E-state index contributed by atoms with van der Waals surface area (Å²) in [7, 11) is 0. The molecule has 0 spiro atoms. The molecule has 0 atom stereocenters. The van der Waals surface area contributed by atoms with E-state index >= 15 is 0 Å². The standard InChI is InChI=1S/C19H22ClN3O3/c20-16-2-4-17(5-3-16)22-13-11-21(12-14-22)10-1-15-26-19-8-6-18(7-9-19)23(24)25/h2-9H,1,10-15H2. The second-order valence-corrected chi connectivity index (χ2v) is 6.69. The number of nitro benzene ring substituents is 1. The van der Waals surface area contributed by atoms with Crippen molar-refractivity contribution in [1.29, 1.82) is 0 Å². The van der Waals surface area contributed by atoms with Gasteiger partial charge in [-0.05, 0) is 42.8 Å². The minimum absolute atomic E-state index is 0.0795. The molecule has 138 valence electrons. The SMILES string of the molecule is O=[N+]([O-])c1ccc(OCCCN2CCN(c3ccc(Cl)cc3)CC2)cc1. The fraction of sp³-hybridized carbons (Fsp3) is 0.368. The summed E-state index contributed by atoms with van der Waals surface area (Å²) in [6.45, 7) is 5.66. The van der Waals surface area contributed by atoms with Gasteiger partial charge in [0.25, 0.3) is 5.69 Å².